The molecule has 0 bridgehead atoms. The van der Waals surface area contributed by atoms with E-state index in [1.54, 1.807) is 0 Å². The second-order valence-electron chi connectivity index (χ2n) is 7.36. The van der Waals surface area contributed by atoms with Gasteiger partial charge in [-0.05, 0) is 25.8 Å². The smallest absolute Gasteiger partial charge is 0.224 e. The third-order valence-corrected chi connectivity index (χ3v) is 5.65. The largest absolute Gasteiger partial charge is 0.379 e. The Morgan fingerprint density at radius 3 is 2.50 bits per heavy atom. The fourth-order valence-corrected chi connectivity index (χ4v) is 4.22. The van der Waals surface area contributed by atoms with Gasteiger partial charge in [0.2, 0.25) is 5.91 Å². The molecule has 0 aromatic carbocycles. The van der Waals surface area contributed by atoms with Gasteiger partial charge in [0.1, 0.15) is 0 Å². The normalized spacial score (nSPS) is 26.9. The van der Waals surface area contributed by atoms with Crippen molar-refractivity contribution in [3.63, 3.8) is 0 Å². The molecule has 24 heavy (non-hydrogen) atoms. The lowest BCUT2D eigenvalue weighted by Gasteiger charge is -2.42. The topological polar surface area (TPSA) is 53.6 Å². The third kappa shape index (κ3) is 6.03. The lowest BCUT2D eigenvalue weighted by atomic mass is 9.73. The predicted octanol–water partition coefficient (Wildman–Crippen LogP) is 1.84. The van der Waals surface area contributed by atoms with Crippen LogP contribution in [0.2, 0.25) is 0 Å². The van der Waals surface area contributed by atoms with Crippen molar-refractivity contribution in [2.24, 2.45) is 11.3 Å². The fraction of sp³-hybridized carbons (Fsp3) is 0.941. The molecule has 2 N–H and O–H groups in total. The van der Waals surface area contributed by atoms with E-state index in [0.717, 1.165) is 58.9 Å². The molecular formula is C17H33Cl2N3O2. The van der Waals surface area contributed by atoms with Crippen LogP contribution in [0.4, 0.5) is 0 Å². The fourth-order valence-electron chi connectivity index (χ4n) is 4.22. The Bertz CT molecular complexity index is 367. The zero-order valence-electron chi connectivity index (χ0n) is 14.6. The molecular weight excluding hydrogens is 349 g/mol. The van der Waals surface area contributed by atoms with Crippen molar-refractivity contribution in [1.29, 1.82) is 0 Å². The van der Waals surface area contributed by atoms with Crippen LogP contribution in [0.3, 0.4) is 0 Å². The molecule has 1 unspecified atom stereocenters. The number of amides is 1. The summed E-state index contributed by atoms with van der Waals surface area (Å²) in [6, 6.07) is 0. The highest BCUT2D eigenvalue weighted by atomic mass is 35.5. The number of rotatable bonds is 5. The quantitative estimate of drug-likeness (QED) is 0.762. The van der Waals surface area contributed by atoms with Crippen molar-refractivity contribution < 1.29 is 9.53 Å². The molecule has 2 heterocycles. The minimum Gasteiger partial charge on any atom is -0.379 e. The van der Waals surface area contributed by atoms with Crippen LogP contribution in [-0.2, 0) is 9.53 Å². The maximum absolute atomic E-state index is 12.3. The highest BCUT2D eigenvalue weighted by Crippen LogP contribution is 2.36. The van der Waals surface area contributed by atoms with Crippen molar-refractivity contribution >= 4 is 30.7 Å². The minimum atomic E-state index is 0. The van der Waals surface area contributed by atoms with Gasteiger partial charge < -0.3 is 15.4 Å². The highest BCUT2D eigenvalue weighted by molar-refractivity contribution is 5.85. The van der Waals surface area contributed by atoms with Crippen molar-refractivity contribution in [2.45, 2.75) is 38.5 Å². The van der Waals surface area contributed by atoms with Gasteiger partial charge in [-0.2, -0.15) is 0 Å². The first kappa shape index (κ1) is 22.0. The molecule has 2 saturated heterocycles. The molecule has 3 fully saturated rings. The molecule has 1 amide bonds. The third-order valence-electron chi connectivity index (χ3n) is 5.65. The molecule has 7 heteroatoms. The number of carbonyl (C=O) groups is 1. The van der Waals surface area contributed by atoms with Crippen molar-refractivity contribution in [3.05, 3.63) is 0 Å². The number of ether oxygens (including phenoxy) is 1. The Hall–Kier alpha value is -0.0700. The Kier molecular flexibility index (Phi) is 9.90. The average molecular weight is 382 g/mol. The Morgan fingerprint density at radius 1 is 1.17 bits per heavy atom. The maximum atomic E-state index is 12.3. The predicted molar refractivity (Wildman–Crippen MR) is 101 cm³/mol. The maximum Gasteiger partial charge on any atom is 0.224 e. The summed E-state index contributed by atoms with van der Waals surface area (Å²) in [6.07, 6.45) is 7.48. The van der Waals surface area contributed by atoms with Crippen LogP contribution in [0.25, 0.3) is 0 Å². The summed E-state index contributed by atoms with van der Waals surface area (Å²) in [5.41, 5.74) is 0.289. The van der Waals surface area contributed by atoms with Crippen molar-refractivity contribution in [3.8, 4) is 0 Å². The van der Waals surface area contributed by atoms with E-state index in [-0.39, 0.29) is 42.1 Å². The molecule has 1 saturated carbocycles. The molecule has 0 aromatic heterocycles. The van der Waals surface area contributed by atoms with E-state index >= 15 is 0 Å². The summed E-state index contributed by atoms with van der Waals surface area (Å²) in [5, 5.41) is 6.57. The van der Waals surface area contributed by atoms with Gasteiger partial charge in [0.25, 0.3) is 0 Å². The van der Waals surface area contributed by atoms with E-state index in [0.29, 0.717) is 0 Å². The van der Waals surface area contributed by atoms with Gasteiger partial charge in [-0.3, -0.25) is 9.69 Å². The standard InChI is InChI=1S/C17H31N3O2.2ClH/c21-16(15-4-7-18-12-15)19-13-17(5-2-1-3-6-17)14-20-8-10-22-11-9-20;;/h15,18H,1-14H2,(H,19,21);2*1H. The minimum absolute atomic E-state index is 0. The van der Waals surface area contributed by atoms with E-state index in [2.05, 4.69) is 15.5 Å². The summed E-state index contributed by atoms with van der Waals surface area (Å²) in [7, 11) is 0. The SMILES string of the molecule is Cl.Cl.O=C(NCC1(CN2CCOCC2)CCCCC1)C1CCNC1. The molecule has 3 rings (SSSR count). The first-order valence-corrected chi connectivity index (χ1v) is 9.06. The second-order valence-corrected chi connectivity index (χ2v) is 7.36. The van der Waals surface area contributed by atoms with E-state index in [1.807, 2.05) is 0 Å². The molecule has 1 aliphatic carbocycles. The highest BCUT2D eigenvalue weighted by Gasteiger charge is 2.35. The van der Waals surface area contributed by atoms with E-state index in [9.17, 15) is 4.79 Å². The molecule has 3 aliphatic rings. The van der Waals surface area contributed by atoms with Gasteiger partial charge >= 0.3 is 0 Å². The Balaban J connectivity index is 0.00000144. The van der Waals surface area contributed by atoms with Gasteiger partial charge in [-0.15, -0.1) is 24.8 Å². The lowest BCUT2D eigenvalue weighted by Crippen LogP contribution is -2.50. The van der Waals surface area contributed by atoms with Gasteiger partial charge in [0, 0.05) is 38.1 Å². The van der Waals surface area contributed by atoms with Gasteiger partial charge in [-0.25, -0.2) is 0 Å². The second kappa shape index (κ2) is 10.8. The van der Waals surface area contributed by atoms with Crippen LogP contribution >= 0.6 is 24.8 Å². The molecule has 5 nitrogen and oxygen atoms in total. The zero-order valence-corrected chi connectivity index (χ0v) is 16.2. The summed E-state index contributed by atoms with van der Waals surface area (Å²) < 4.78 is 5.47. The van der Waals surface area contributed by atoms with E-state index in [4.69, 9.17) is 4.74 Å². The first-order valence-electron chi connectivity index (χ1n) is 9.06. The lowest BCUT2D eigenvalue weighted by molar-refractivity contribution is -0.125. The molecule has 2 aliphatic heterocycles. The van der Waals surface area contributed by atoms with Crippen molar-refractivity contribution in [2.75, 3.05) is 52.5 Å². The first-order chi connectivity index (χ1) is 10.8. The van der Waals surface area contributed by atoms with Gasteiger partial charge in [0.05, 0.1) is 19.1 Å². The number of carbonyl (C=O) groups excluding carboxylic acids is 1. The molecule has 1 atom stereocenters. The summed E-state index contributed by atoms with van der Waals surface area (Å²) in [4.78, 5) is 14.9. The number of nitrogens with zero attached hydrogens (tertiary/aromatic N) is 1. The molecule has 0 aromatic rings. The number of nitrogens with one attached hydrogen (secondary N) is 2. The van der Waals surface area contributed by atoms with Crippen molar-refractivity contribution in [1.82, 2.24) is 15.5 Å². The molecule has 0 radical (unpaired) electrons. The van der Waals surface area contributed by atoms with E-state index in [1.165, 1.54) is 32.1 Å². The zero-order chi connectivity index (χ0) is 15.3. The number of halogens is 2. The monoisotopic (exact) mass is 381 g/mol. The average Bonchev–Trinajstić information content (AvgIpc) is 3.09. The number of morpholine rings is 1. The summed E-state index contributed by atoms with van der Waals surface area (Å²) in [5.74, 6) is 0.445. The van der Waals surface area contributed by atoms with Crippen LogP contribution in [0.15, 0.2) is 0 Å². The molecule has 0 spiro atoms. The van der Waals surface area contributed by atoms with Crippen LogP contribution in [0, 0.1) is 11.3 Å². The summed E-state index contributed by atoms with van der Waals surface area (Å²) >= 11 is 0. The van der Waals surface area contributed by atoms with Gasteiger partial charge in [-0.1, -0.05) is 19.3 Å². The van der Waals surface area contributed by atoms with Gasteiger partial charge in [0.15, 0.2) is 0 Å². The van der Waals surface area contributed by atoms with Crippen LogP contribution in [0.5, 0.6) is 0 Å². The van der Waals surface area contributed by atoms with Crippen LogP contribution < -0.4 is 10.6 Å². The van der Waals surface area contributed by atoms with Crippen LogP contribution in [-0.4, -0.2) is 63.3 Å². The number of hydrogen-bond acceptors (Lipinski definition) is 4. The summed E-state index contributed by atoms with van der Waals surface area (Å²) in [6.45, 7) is 7.62. The van der Waals surface area contributed by atoms with E-state index < -0.39 is 0 Å². The molecule has 142 valence electrons. The Morgan fingerprint density at radius 2 is 1.88 bits per heavy atom. The number of hydrogen-bond donors (Lipinski definition) is 2. The van der Waals surface area contributed by atoms with Crippen LogP contribution in [0.1, 0.15) is 38.5 Å². The Labute approximate surface area is 158 Å².